The van der Waals surface area contributed by atoms with E-state index < -0.39 is 0 Å². The number of Topliss-reactive ketones (excluding diaryl/α,β-unsaturated/α-hetero) is 1. The van der Waals surface area contributed by atoms with Gasteiger partial charge in [-0.1, -0.05) is 0 Å². The molecule has 0 saturated heterocycles. The Hall–Kier alpha value is -2.14. The van der Waals surface area contributed by atoms with Crippen LogP contribution >= 0.6 is 0 Å². The number of aryl methyl sites for hydroxylation is 1. The number of hydrogen-bond acceptors (Lipinski definition) is 4. The standard InChI is InChI=1S/C14H17N3O2/c1-16(10-14-15-7-8-17(14)2)9-13(19)11-3-5-12(18)6-4-11/h3-8,18H,9-10H2,1-2H3. The molecule has 0 radical (unpaired) electrons. The van der Waals surface area contributed by atoms with Crippen LogP contribution in [0.2, 0.25) is 0 Å². The van der Waals surface area contributed by atoms with Gasteiger partial charge in [-0.3, -0.25) is 9.69 Å². The molecule has 0 bridgehead atoms. The molecule has 1 heterocycles. The Morgan fingerprint density at radius 3 is 2.63 bits per heavy atom. The second-order valence-corrected chi connectivity index (χ2v) is 4.60. The molecule has 0 amide bonds. The summed E-state index contributed by atoms with van der Waals surface area (Å²) in [4.78, 5) is 18.2. The number of likely N-dealkylation sites (N-methyl/N-ethyl adjacent to an activating group) is 1. The highest BCUT2D eigenvalue weighted by Gasteiger charge is 2.11. The molecule has 0 aliphatic carbocycles. The summed E-state index contributed by atoms with van der Waals surface area (Å²) in [5, 5.41) is 9.19. The highest BCUT2D eigenvalue weighted by atomic mass is 16.3. The largest absolute Gasteiger partial charge is 0.508 e. The van der Waals surface area contributed by atoms with E-state index in [4.69, 9.17) is 0 Å². The van der Waals surface area contributed by atoms with E-state index in [0.29, 0.717) is 18.7 Å². The maximum absolute atomic E-state index is 12.0. The van der Waals surface area contributed by atoms with Crippen LogP contribution in [0.1, 0.15) is 16.2 Å². The Bertz CT molecular complexity index is 560. The number of imidazole rings is 1. The van der Waals surface area contributed by atoms with E-state index in [0.717, 1.165) is 5.82 Å². The highest BCUT2D eigenvalue weighted by molar-refractivity contribution is 5.97. The van der Waals surface area contributed by atoms with Crippen molar-refractivity contribution in [1.29, 1.82) is 0 Å². The Balaban J connectivity index is 1.95. The van der Waals surface area contributed by atoms with Gasteiger partial charge in [-0.25, -0.2) is 4.98 Å². The monoisotopic (exact) mass is 259 g/mol. The summed E-state index contributed by atoms with van der Waals surface area (Å²) in [5.41, 5.74) is 0.601. The fourth-order valence-electron chi connectivity index (χ4n) is 1.83. The van der Waals surface area contributed by atoms with Crippen LogP contribution in [0.25, 0.3) is 0 Å². The smallest absolute Gasteiger partial charge is 0.176 e. The average Bonchev–Trinajstić information content (AvgIpc) is 2.75. The first-order valence-electron chi connectivity index (χ1n) is 6.03. The molecule has 1 aromatic heterocycles. The van der Waals surface area contributed by atoms with Crippen LogP contribution in [0.3, 0.4) is 0 Å². The lowest BCUT2D eigenvalue weighted by molar-refractivity contribution is 0.0941. The summed E-state index contributed by atoms with van der Waals surface area (Å²) in [6, 6.07) is 6.30. The quantitative estimate of drug-likeness (QED) is 0.825. The Morgan fingerprint density at radius 1 is 1.37 bits per heavy atom. The lowest BCUT2D eigenvalue weighted by Crippen LogP contribution is -2.26. The van der Waals surface area contributed by atoms with Gasteiger partial charge in [-0.15, -0.1) is 0 Å². The summed E-state index contributed by atoms with van der Waals surface area (Å²) >= 11 is 0. The number of hydrogen-bond donors (Lipinski definition) is 1. The minimum atomic E-state index is 0.0247. The van der Waals surface area contributed by atoms with Gasteiger partial charge in [0.2, 0.25) is 0 Å². The molecule has 1 aromatic carbocycles. The molecule has 0 atom stereocenters. The second kappa shape index (κ2) is 5.67. The third-order valence-electron chi connectivity index (χ3n) is 2.94. The van der Waals surface area contributed by atoms with Crippen LogP contribution in [0.15, 0.2) is 36.7 Å². The van der Waals surface area contributed by atoms with Gasteiger partial charge in [0, 0.05) is 25.0 Å². The van der Waals surface area contributed by atoms with Crippen molar-refractivity contribution in [3.63, 3.8) is 0 Å². The van der Waals surface area contributed by atoms with Gasteiger partial charge in [0.15, 0.2) is 5.78 Å². The van der Waals surface area contributed by atoms with Crippen molar-refractivity contribution >= 4 is 5.78 Å². The molecular weight excluding hydrogens is 242 g/mol. The van der Waals surface area contributed by atoms with E-state index in [1.54, 1.807) is 18.3 Å². The first kappa shape index (κ1) is 13.3. The van der Waals surface area contributed by atoms with Gasteiger partial charge in [0.1, 0.15) is 11.6 Å². The average molecular weight is 259 g/mol. The Morgan fingerprint density at radius 2 is 2.05 bits per heavy atom. The number of ketones is 1. The summed E-state index contributed by atoms with van der Waals surface area (Å²) in [7, 11) is 3.81. The summed E-state index contributed by atoms with van der Waals surface area (Å²) in [6.07, 6.45) is 3.62. The minimum Gasteiger partial charge on any atom is -0.508 e. The van der Waals surface area contributed by atoms with E-state index in [-0.39, 0.29) is 11.5 Å². The second-order valence-electron chi connectivity index (χ2n) is 4.60. The van der Waals surface area contributed by atoms with E-state index in [9.17, 15) is 9.90 Å². The molecule has 0 saturated carbocycles. The van der Waals surface area contributed by atoms with Crippen LogP contribution in [0.4, 0.5) is 0 Å². The van der Waals surface area contributed by atoms with Crippen LogP contribution < -0.4 is 0 Å². The fourth-order valence-corrected chi connectivity index (χ4v) is 1.83. The van der Waals surface area contributed by atoms with Gasteiger partial charge in [-0.2, -0.15) is 0 Å². The van der Waals surface area contributed by atoms with Gasteiger partial charge in [0.25, 0.3) is 0 Å². The maximum Gasteiger partial charge on any atom is 0.176 e. The molecule has 1 N–H and O–H groups in total. The number of carbonyl (C=O) groups is 1. The first-order chi connectivity index (χ1) is 9.06. The molecule has 5 heteroatoms. The molecule has 0 unspecified atom stereocenters. The van der Waals surface area contributed by atoms with Gasteiger partial charge in [0.05, 0.1) is 13.1 Å². The lowest BCUT2D eigenvalue weighted by atomic mass is 10.1. The molecule has 0 fully saturated rings. The molecule has 19 heavy (non-hydrogen) atoms. The van der Waals surface area contributed by atoms with E-state index in [1.165, 1.54) is 12.1 Å². The van der Waals surface area contributed by atoms with Crippen molar-refractivity contribution in [2.24, 2.45) is 7.05 Å². The lowest BCUT2D eigenvalue weighted by Gasteiger charge is -2.15. The number of nitrogens with zero attached hydrogens (tertiary/aromatic N) is 3. The molecule has 2 rings (SSSR count). The van der Waals surface area contributed by atoms with Gasteiger partial charge < -0.3 is 9.67 Å². The van der Waals surface area contributed by atoms with Gasteiger partial charge in [-0.05, 0) is 31.3 Å². The molecule has 0 aliphatic rings. The van der Waals surface area contributed by atoms with Crippen LogP contribution in [0, 0.1) is 0 Å². The van der Waals surface area contributed by atoms with Gasteiger partial charge >= 0.3 is 0 Å². The first-order valence-corrected chi connectivity index (χ1v) is 6.03. The number of phenols is 1. The van der Waals surface area contributed by atoms with E-state index in [1.807, 2.05) is 29.8 Å². The highest BCUT2D eigenvalue weighted by Crippen LogP contribution is 2.10. The molecule has 5 nitrogen and oxygen atoms in total. The zero-order valence-electron chi connectivity index (χ0n) is 11.1. The molecule has 0 aliphatic heterocycles. The van der Waals surface area contributed by atoms with Crippen molar-refractivity contribution in [2.45, 2.75) is 6.54 Å². The van der Waals surface area contributed by atoms with E-state index in [2.05, 4.69) is 4.98 Å². The predicted molar refractivity (Wildman–Crippen MR) is 72.0 cm³/mol. The van der Waals surface area contributed by atoms with E-state index >= 15 is 0 Å². The van der Waals surface area contributed by atoms with Crippen LogP contribution in [-0.4, -0.2) is 38.9 Å². The topological polar surface area (TPSA) is 58.4 Å². The van der Waals surface area contributed by atoms with Crippen molar-refractivity contribution in [2.75, 3.05) is 13.6 Å². The van der Waals surface area contributed by atoms with Crippen molar-refractivity contribution in [3.05, 3.63) is 48.0 Å². The number of benzene rings is 1. The summed E-state index contributed by atoms with van der Waals surface area (Å²) in [5.74, 6) is 1.11. The normalized spacial score (nSPS) is 10.9. The zero-order valence-corrected chi connectivity index (χ0v) is 11.1. The van der Waals surface area contributed by atoms with Crippen LogP contribution in [0.5, 0.6) is 5.75 Å². The maximum atomic E-state index is 12.0. The zero-order chi connectivity index (χ0) is 13.8. The number of carbonyl (C=O) groups excluding carboxylic acids is 1. The molecule has 0 spiro atoms. The summed E-state index contributed by atoms with van der Waals surface area (Å²) in [6.45, 7) is 0.935. The van der Waals surface area contributed by atoms with Crippen molar-refractivity contribution in [3.8, 4) is 5.75 Å². The number of phenolic OH excluding ortho intramolecular Hbond substituents is 1. The summed E-state index contributed by atoms with van der Waals surface area (Å²) < 4.78 is 1.93. The van der Waals surface area contributed by atoms with Crippen LogP contribution in [-0.2, 0) is 13.6 Å². The number of aromatic hydroxyl groups is 1. The molecule has 2 aromatic rings. The third kappa shape index (κ3) is 3.42. The Labute approximate surface area is 112 Å². The minimum absolute atomic E-state index is 0.0247. The molecular formula is C14H17N3O2. The fraction of sp³-hybridized carbons (Fsp3) is 0.286. The van der Waals surface area contributed by atoms with Crippen molar-refractivity contribution in [1.82, 2.24) is 14.5 Å². The number of rotatable bonds is 5. The predicted octanol–water partition coefficient (Wildman–Crippen LogP) is 1.44. The SMILES string of the molecule is CN(CC(=O)c1ccc(O)cc1)Cc1nccn1C. The Kier molecular flexibility index (Phi) is 3.97. The number of aromatic nitrogens is 2. The molecule has 100 valence electrons. The third-order valence-corrected chi connectivity index (χ3v) is 2.94. The van der Waals surface area contributed by atoms with Crippen molar-refractivity contribution < 1.29 is 9.90 Å².